The normalized spacial score (nSPS) is 11.3. The zero-order valence-electron chi connectivity index (χ0n) is 15.1. The lowest BCUT2D eigenvalue weighted by Crippen LogP contribution is -2.23. The summed E-state index contributed by atoms with van der Waals surface area (Å²) in [6.45, 7) is 4.71. The van der Waals surface area contributed by atoms with Crippen LogP contribution in [0.2, 0.25) is 0 Å². The van der Waals surface area contributed by atoms with Gasteiger partial charge in [-0.2, -0.15) is 0 Å². The third-order valence-corrected chi connectivity index (χ3v) is 5.12. The number of aromatic nitrogens is 1. The summed E-state index contributed by atoms with van der Waals surface area (Å²) in [5.41, 5.74) is 1.13. The van der Waals surface area contributed by atoms with Crippen molar-refractivity contribution in [3.63, 3.8) is 0 Å². The predicted octanol–water partition coefficient (Wildman–Crippen LogP) is 5.15. The summed E-state index contributed by atoms with van der Waals surface area (Å²) in [7, 11) is 2.13. The zero-order chi connectivity index (χ0) is 17.5. The Morgan fingerprint density at radius 2 is 2.04 bits per heavy atom. The van der Waals surface area contributed by atoms with E-state index in [4.69, 9.17) is 9.72 Å². The molecular weight excluding hydrogens is 328 g/mol. The van der Waals surface area contributed by atoms with Crippen molar-refractivity contribution in [2.24, 2.45) is 0 Å². The van der Waals surface area contributed by atoms with Crippen molar-refractivity contribution < 1.29 is 4.74 Å². The molecule has 0 aliphatic carbocycles. The highest BCUT2D eigenvalue weighted by Gasteiger charge is 2.08. The first-order chi connectivity index (χ1) is 12.3. The number of rotatable bonds is 9. The van der Waals surface area contributed by atoms with Crippen LogP contribution in [0.15, 0.2) is 47.8 Å². The highest BCUT2D eigenvalue weighted by Crippen LogP contribution is 2.25. The largest absolute Gasteiger partial charge is 0.476 e. The van der Waals surface area contributed by atoms with Crippen molar-refractivity contribution in [2.45, 2.75) is 32.7 Å². The van der Waals surface area contributed by atoms with Crippen molar-refractivity contribution in [1.82, 2.24) is 9.88 Å². The molecule has 0 aliphatic rings. The number of nitrogens with zero attached hydrogens (tertiary/aromatic N) is 2. The molecule has 0 radical (unpaired) electrons. The van der Waals surface area contributed by atoms with Crippen LogP contribution in [0, 0.1) is 0 Å². The van der Waals surface area contributed by atoms with Crippen molar-refractivity contribution in [3.8, 4) is 5.88 Å². The Hall–Kier alpha value is -1.91. The summed E-state index contributed by atoms with van der Waals surface area (Å²) in [5.74, 6) is 0.772. The van der Waals surface area contributed by atoms with Gasteiger partial charge in [-0.3, -0.25) is 4.90 Å². The molecule has 0 unspecified atom stereocenters. The average molecular weight is 355 g/mol. The molecule has 132 valence electrons. The summed E-state index contributed by atoms with van der Waals surface area (Å²) in [6.07, 6.45) is 3.35. The molecule has 2 heterocycles. The van der Waals surface area contributed by atoms with Crippen molar-refractivity contribution >= 4 is 22.1 Å². The van der Waals surface area contributed by atoms with Crippen LogP contribution in [0.25, 0.3) is 10.8 Å². The number of likely N-dealkylation sites (N-methyl/N-ethyl adjacent to an activating group) is 1. The molecule has 0 saturated carbocycles. The van der Waals surface area contributed by atoms with Crippen LogP contribution in [0.4, 0.5) is 0 Å². The predicted molar refractivity (Wildman–Crippen MR) is 107 cm³/mol. The van der Waals surface area contributed by atoms with Crippen molar-refractivity contribution in [1.29, 1.82) is 0 Å². The fourth-order valence-corrected chi connectivity index (χ4v) is 3.65. The van der Waals surface area contributed by atoms with Gasteiger partial charge in [0.25, 0.3) is 0 Å². The van der Waals surface area contributed by atoms with Gasteiger partial charge in [0.05, 0.1) is 0 Å². The minimum Gasteiger partial charge on any atom is -0.476 e. The Kier molecular flexibility index (Phi) is 6.42. The maximum Gasteiger partial charge on any atom is 0.221 e. The molecule has 2 aromatic heterocycles. The Balaban J connectivity index is 1.65. The van der Waals surface area contributed by atoms with E-state index in [0.29, 0.717) is 6.61 Å². The average Bonchev–Trinajstić information content (AvgIpc) is 3.12. The topological polar surface area (TPSA) is 25.4 Å². The standard InChI is InChI=1S/C21H26N2OS/c1-3-4-9-18-15-17-8-5-6-11-20(17)21(22-18)24-13-12-23(2)16-19-10-7-14-25-19/h5-8,10-11,14-15H,3-4,9,12-13,16H2,1-2H3. The highest BCUT2D eigenvalue weighted by molar-refractivity contribution is 7.09. The van der Waals surface area contributed by atoms with Crippen molar-refractivity contribution in [3.05, 3.63) is 58.4 Å². The molecule has 0 saturated heterocycles. The Morgan fingerprint density at radius 3 is 2.84 bits per heavy atom. The number of fused-ring (bicyclic) bond motifs is 1. The van der Waals surface area contributed by atoms with Crippen LogP contribution < -0.4 is 4.74 Å². The smallest absolute Gasteiger partial charge is 0.221 e. The number of ether oxygens (including phenoxy) is 1. The van der Waals surface area contributed by atoms with Gasteiger partial charge in [0, 0.05) is 29.0 Å². The molecular formula is C21H26N2OS. The van der Waals surface area contributed by atoms with Gasteiger partial charge < -0.3 is 4.74 Å². The van der Waals surface area contributed by atoms with Gasteiger partial charge in [0.1, 0.15) is 6.61 Å². The molecule has 3 nitrogen and oxygen atoms in total. The number of unbranched alkanes of at least 4 members (excludes halogenated alkanes) is 1. The van der Waals surface area contributed by atoms with E-state index in [1.165, 1.54) is 16.7 Å². The number of thiophene rings is 1. The second kappa shape index (κ2) is 8.97. The molecule has 1 aromatic carbocycles. The number of aryl methyl sites for hydroxylation is 1. The van der Waals surface area contributed by atoms with Gasteiger partial charge >= 0.3 is 0 Å². The molecule has 0 bridgehead atoms. The summed E-state index contributed by atoms with van der Waals surface area (Å²) in [5, 5.41) is 4.44. The van der Waals surface area contributed by atoms with E-state index in [9.17, 15) is 0 Å². The number of hydrogen-bond donors (Lipinski definition) is 0. The fourth-order valence-electron chi connectivity index (χ4n) is 2.86. The van der Waals surface area contributed by atoms with Crippen molar-refractivity contribution in [2.75, 3.05) is 20.2 Å². The zero-order valence-corrected chi connectivity index (χ0v) is 15.9. The second-order valence-electron chi connectivity index (χ2n) is 6.41. The second-order valence-corrected chi connectivity index (χ2v) is 7.44. The van der Waals surface area contributed by atoms with Crippen LogP contribution in [-0.4, -0.2) is 30.1 Å². The number of hydrogen-bond acceptors (Lipinski definition) is 4. The maximum atomic E-state index is 6.08. The lowest BCUT2D eigenvalue weighted by Gasteiger charge is -2.16. The van der Waals surface area contributed by atoms with E-state index in [0.717, 1.165) is 42.9 Å². The van der Waals surface area contributed by atoms with E-state index in [1.54, 1.807) is 11.3 Å². The van der Waals surface area contributed by atoms with Crippen LogP contribution in [-0.2, 0) is 13.0 Å². The molecule has 0 spiro atoms. The van der Waals surface area contributed by atoms with Gasteiger partial charge in [-0.1, -0.05) is 37.6 Å². The Labute approximate surface area is 154 Å². The van der Waals surface area contributed by atoms with Gasteiger partial charge in [-0.15, -0.1) is 11.3 Å². The maximum absolute atomic E-state index is 6.08. The summed E-state index contributed by atoms with van der Waals surface area (Å²) in [6, 6.07) is 14.8. The van der Waals surface area contributed by atoms with Gasteiger partial charge in [0.15, 0.2) is 0 Å². The lowest BCUT2D eigenvalue weighted by atomic mass is 10.1. The molecule has 3 aromatic rings. The molecule has 3 rings (SSSR count). The van der Waals surface area contributed by atoms with E-state index in [2.05, 4.69) is 60.6 Å². The van der Waals surface area contributed by atoms with Crippen LogP contribution >= 0.6 is 11.3 Å². The highest BCUT2D eigenvalue weighted by atomic mass is 32.1. The van der Waals surface area contributed by atoms with Crippen LogP contribution in [0.3, 0.4) is 0 Å². The minimum absolute atomic E-state index is 0.649. The first-order valence-corrected chi connectivity index (χ1v) is 9.86. The molecule has 25 heavy (non-hydrogen) atoms. The lowest BCUT2D eigenvalue weighted by molar-refractivity contribution is 0.230. The SMILES string of the molecule is CCCCc1cc2ccccc2c(OCCN(C)Cc2cccs2)n1. The van der Waals surface area contributed by atoms with Gasteiger partial charge in [-0.05, 0) is 48.9 Å². The van der Waals surface area contributed by atoms with E-state index in [1.807, 2.05) is 6.07 Å². The van der Waals surface area contributed by atoms with Gasteiger partial charge in [-0.25, -0.2) is 4.98 Å². The molecule has 0 atom stereocenters. The fraction of sp³-hybridized carbons (Fsp3) is 0.381. The van der Waals surface area contributed by atoms with E-state index < -0.39 is 0 Å². The first-order valence-electron chi connectivity index (χ1n) is 8.98. The first kappa shape index (κ1) is 17.9. The number of pyridine rings is 1. The monoisotopic (exact) mass is 354 g/mol. The number of benzene rings is 1. The molecule has 0 N–H and O–H groups in total. The summed E-state index contributed by atoms with van der Waals surface area (Å²) in [4.78, 5) is 8.44. The Bertz CT molecular complexity index is 786. The molecule has 0 aliphatic heterocycles. The molecule has 0 fully saturated rings. The third kappa shape index (κ3) is 5.03. The Morgan fingerprint density at radius 1 is 1.16 bits per heavy atom. The quantitative estimate of drug-likeness (QED) is 0.531. The third-order valence-electron chi connectivity index (χ3n) is 4.26. The molecule has 0 amide bonds. The van der Waals surface area contributed by atoms with E-state index >= 15 is 0 Å². The summed E-state index contributed by atoms with van der Waals surface area (Å²) < 4.78 is 6.08. The summed E-state index contributed by atoms with van der Waals surface area (Å²) >= 11 is 1.80. The van der Waals surface area contributed by atoms with Gasteiger partial charge in [0.2, 0.25) is 5.88 Å². The molecule has 4 heteroatoms. The minimum atomic E-state index is 0.649. The van der Waals surface area contributed by atoms with Crippen LogP contribution in [0.5, 0.6) is 5.88 Å². The van der Waals surface area contributed by atoms with E-state index in [-0.39, 0.29) is 0 Å². The van der Waals surface area contributed by atoms with Crippen LogP contribution in [0.1, 0.15) is 30.3 Å².